The Hall–Kier alpha value is -0.840. The number of halogens is 1. The fourth-order valence-electron chi connectivity index (χ4n) is 2.72. The summed E-state index contributed by atoms with van der Waals surface area (Å²) in [6, 6.07) is 0.193. The van der Waals surface area contributed by atoms with Crippen LogP contribution in [-0.4, -0.2) is 49.4 Å². The highest BCUT2D eigenvalue weighted by atomic mass is 19.1. The minimum atomic E-state index is -0.714. The van der Waals surface area contributed by atoms with Crippen molar-refractivity contribution >= 4 is 6.02 Å². The quantitative estimate of drug-likeness (QED) is 0.540. The number of hydrogen-bond donors (Lipinski definition) is 1. The first kappa shape index (κ1) is 10.7. The van der Waals surface area contributed by atoms with E-state index < -0.39 is 6.17 Å². The molecule has 0 amide bonds. The van der Waals surface area contributed by atoms with Crippen LogP contribution in [-0.2, 0) is 4.74 Å². The van der Waals surface area contributed by atoms with E-state index >= 15 is 0 Å². The Morgan fingerprint density at radius 3 is 3.27 bits per heavy atom. The number of fused-ring (bicyclic) bond motifs is 1. The molecular formula is C10H18FN3O. The van der Waals surface area contributed by atoms with Crippen molar-refractivity contribution in [3.8, 4) is 0 Å². The molecule has 0 aromatic rings. The minimum Gasteiger partial charge on any atom is -0.463 e. The van der Waals surface area contributed by atoms with Crippen molar-refractivity contribution < 1.29 is 9.13 Å². The van der Waals surface area contributed by atoms with E-state index in [2.05, 4.69) is 9.89 Å². The Morgan fingerprint density at radius 1 is 1.73 bits per heavy atom. The maximum atomic E-state index is 13.3. The summed E-state index contributed by atoms with van der Waals surface area (Å²) >= 11 is 0. The van der Waals surface area contributed by atoms with Crippen LogP contribution >= 0.6 is 0 Å². The molecule has 5 heteroatoms. The van der Waals surface area contributed by atoms with Gasteiger partial charge in [-0.1, -0.05) is 0 Å². The molecule has 2 aliphatic heterocycles. The molecule has 15 heavy (non-hydrogen) atoms. The first-order chi connectivity index (χ1) is 7.16. The van der Waals surface area contributed by atoms with Crippen molar-refractivity contribution in [2.24, 2.45) is 10.7 Å². The summed E-state index contributed by atoms with van der Waals surface area (Å²) in [5.74, 6) is 0. The second-order valence-corrected chi connectivity index (χ2v) is 4.43. The topological polar surface area (TPSA) is 50.9 Å². The van der Waals surface area contributed by atoms with Crippen LogP contribution in [0, 0.1) is 0 Å². The second-order valence-electron chi connectivity index (χ2n) is 4.43. The van der Waals surface area contributed by atoms with E-state index in [4.69, 9.17) is 10.5 Å². The van der Waals surface area contributed by atoms with Gasteiger partial charge < -0.3 is 10.5 Å². The molecular weight excluding hydrogens is 197 g/mol. The van der Waals surface area contributed by atoms with E-state index in [1.54, 1.807) is 7.05 Å². The number of nitrogens with two attached hydrogens (primary N) is 1. The monoisotopic (exact) mass is 215 g/mol. The number of aliphatic imine (C=N–C) groups is 1. The van der Waals surface area contributed by atoms with Crippen molar-refractivity contribution in [1.29, 1.82) is 0 Å². The van der Waals surface area contributed by atoms with Crippen molar-refractivity contribution in [2.45, 2.75) is 31.0 Å². The fourth-order valence-corrected chi connectivity index (χ4v) is 2.72. The molecule has 2 rings (SSSR count). The van der Waals surface area contributed by atoms with Gasteiger partial charge in [-0.25, -0.2) is 9.38 Å². The van der Waals surface area contributed by atoms with E-state index in [9.17, 15) is 4.39 Å². The molecule has 0 aromatic heterocycles. The smallest absolute Gasteiger partial charge is 0.281 e. The van der Waals surface area contributed by atoms with Gasteiger partial charge in [0.1, 0.15) is 12.8 Å². The first-order valence-corrected chi connectivity index (χ1v) is 5.40. The van der Waals surface area contributed by atoms with Crippen molar-refractivity contribution in [3.63, 3.8) is 0 Å². The van der Waals surface area contributed by atoms with Gasteiger partial charge in [0.05, 0.1) is 5.54 Å². The van der Waals surface area contributed by atoms with Crippen LogP contribution in [0.2, 0.25) is 0 Å². The molecule has 2 fully saturated rings. The summed E-state index contributed by atoms with van der Waals surface area (Å²) in [4.78, 5) is 5.93. The predicted molar refractivity (Wildman–Crippen MR) is 56.5 cm³/mol. The third-order valence-electron chi connectivity index (χ3n) is 3.47. The Balaban J connectivity index is 1.98. The standard InChI is InChI=1S/C10H18FN3O/c1-13-9(12)15-7-10-3-2-4-14(10)6-8(11)5-10/h8H,2-7H2,1H3,(H2,12,13)/t8?,10-/m0/s1. The average molecular weight is 215 g/mol. The maximum absolute atomic E-state index is 13.3. The first-order valence-electron chi connectivity index (χ1n) is 5.40. The zero-order valence-corrected chi connectivity index (χ0v) is 9.08. The van der Waals surface area contributed by atoms with Gasteiger partial charge in [-0.15, -0.1) is 0 Å². The molecule has 86 valence electrons. The molecule has 0 aromatic carbocycles. The molecule has 0 bridgehead atoms. The van der Waals surface area contributed by atoms with Crippen LogP contribution in [0.1, 0.15) is 19.3 Å². The normalized spacial score (nSPS) is 36.9. The van der Waals surface area contributed by atoms with E-state index in [1.165, 1.54) is 0 Å². The summed E-state index contributed by atoms with van der Waals surface area (Å²) < 4.78 is 18.7. The average Bonchev–Trinajstić information content (AvgIpc) is 2.70. The molecule has 0 aliphatic carbocycles. The van der Waals surface area contributed by atoms with Gasteiger partial charge in [-0.2, -0.15) is 0 Å². The lowest BCUT2D eigenvalue weighted by Gasteiger charge is -2.30. The van der Waals surface area contributed by atoms with Crippen LogP contribution in [0.15, 0.2) is 4.99 Å². The number of hydrogen-bond acceptors (Lipinski definition) is 3. The highest BCUT2D eigenvalue weighted by Crippen LogP contribution is 2.40. The number of rotatable bonds is 2. The molecule has 2 N–H and O–H groups in total. The Morgan fingerprint density at radius 2 is 2.53 bits per heavy atom. The van der Waals surface area contributed by atoms with Gasteiger partial charge in [0.2, 0.25) is 0 Å². The van der Waals surface area contributed by atoms with Crippen LogP contribution in [0.4, 0.5) is 4.39 Å². The van der Waals surface area contributed by atoms with Crippen LogP contribution < -0.4 is 5.73 Å². The molecule has 0 spiro atoms. The summed E-state index contributed by atoms with van der Waals surface area (Å²) in [7, 11) is 1.59. The van der Waals surface area contributed by atoms with Crippen LogP contribution in [0.3, 0.4) is 0 Å². The summed E-state index contributed by atoms with van der Waals surface area (Å²) in [6.45, 7) is 2.00. The van der Waals surface area contributed by atoms with Crippen LogP contribution in [0.5, 0.6) is 0 Å². The molecule has 0 radical (unpaired) electrons. The summed E-state index contributed by atoms with van der Waals surface area (Å²) in [6.07, 6.45) is 1.99. The number of nitrogens with zero attached hydrogens (tertiary/aromatic N) is 2. The molecule has 2 heterocycles. The van der Waals surface area contributed by atoms with Crippen molar-refractivity contribution in [3.05, 3.63) is 0 Å². The number of amidine groups is 1. The minimum absolute atomic E-state index is 0.116. The Labute approximate surface area is 89.3 Å². The zero-order chi connectivity index (χ0) is 10.9. The number of alkyl halides is 1. The van der Waals surface area contributed by atoms with Gasteiger partial charge in [-0.05, 0) is 19.4 Å². The largest absolute Gasteiger partial charge is 0.463 e. The van der Waals surface area contributed by atoms with E-state index in [0.717, 1.165) is 19.4 Å². The summed E-state index contributed by atoms with van der Waals surface area (Å²) in [5, 5.41) is 0. The van der Waals surface area contributed by atoms with Crippen molar-refractivity contribution in [2.75, 3.05) is 26.7 Å². The van der Waals surface area contributed by atoms with Gasteiger partial charge >= 0.3 is 0 Å². The lowest BCUT2D eigenvalue weighted by molar-refractivity contribution is 0.105. The lowest BCUT2D eigenvalue weighted by atomic mass is 9.95. The van der Waals surface area contributed by atoms with Gasteiger partial charge in [0, 0.05) is 20.0 Å². The van der Waals surface area contributed by atoms with Crippen LogP contribution in [0.25, 0.3) is 0 Å². The van der Waals surface area contributed by atoms with E-state index in [0.29, 0.717) is 19.6 Å². The molecule has 4 nitrogen and oxygen atoms in total. The summed E-state index contributed by atoms with van der Waals surface area (Å²) in [5.41, 5.74) is 5.36. The highest BCUT2D eigenvalue weighted by molar-refractivity contribution is 5.71. The molecule has 2 saturated heterocycles. The third kappa shape index (κ3) is 1.93. The molecule has 0 saturated carbocycles. The fraction of sp³-hybridized carbons (Fsp3) is 0.900. The van der Waals surface area contributed by atoms with E-state index in [1.807, 2.05) is 0 Å². The van der Waals surface area contributed by atoms with Gasteiger partial charge in [0.15, 0.2) is 0 Å². The maximum Gasteiger partial charge on any atom is 0.281 e. The number of ether oxygens (including phenoxy) is 1. The highest BCUT2D eigenvalue weighted by Gasteiger charge is 2.49. The molecule has 2 aliphatic rings. The third-order valence-corrected chi connectivity index (χ3v) is 3.47. The zero-order valence-electron chi connectivity index (χ0n) is 9.08. The molecule has 2 atom stereocenters. The lowest BCUT2D eigenvalue weighted by Crippen LogP contribution is -2.43. The van der Waals surface area contributed by atoms with Gasteiger partial charge in [0.25, 0.3) is 6.02 Å². The Bertz CT molecular complexity index is 271. The SMILES string of the molecule is CN=C(N)OC[C@@]12CCCN1CC(F)C2. The predicted octanol–water partition coefficient (Wildman–Crippen LogP) is 0.524. The Kier molecular flexibility index (Phi) is 2.82. The van der Waals surface area contributed by atoms with Gasteiger partial charge in [-0.3, -0.25) is 4.90 Å². The van der Waals surface area contributed by atoms with Crippen molar-refractivity contribution in [1.82, 2.24) is 4.90 Å². The van der Waals surface area contributed by atoms with E-state index in [-0.39, 0.29) is 11.6 Å². The second kappa shape index (κ2) is 3.96. The molecule has 1 unspecified atom stereocenters.